The maximum absolute atomic E-state index is 12.3. The maximum Gasteiger partial charge on any atom is 0.309 e. The molecule has 7 heteroatoms. The summed E-state index contributed by atoms with van der Waals surface area (Å²) in [7, 11) is 1.76. The summed E-state index contributed by atoms with van der Waals surface area (Å²) in [6.07, 6.45) is 3.37. The molecule has 3 rings (SSSR count). The van der Waals surface area contributed by atoms with Gasteiger partial charge in [0.05, 0.1) is 24.7 Å². The predicted octanol–water partition coefficient (Wildman–Crippen LogP) is 1.78. The standard InChI is InChI=1S/C18H21N3O4/c1-12-3-5-14(6-4-12)25-8-7-21-16(22)9-15(18(23)24)17(21)13-10-19-20(2)11-13/h3-6,10-11,15,17H,7-9H2,1-2H3,(H,23,24)/t15-,17+/m0/s1. The highest BCUT2D eigenvalue weighted by Gasteiger charge is 2.45. The maximum atomic E-state index is 12.3. The van der Waals surface area contributed by atoms with Crippen molar-refractivity contribution >= 4 is 11.9 Å². The third-order valence-corrected chi connectivity index (χ3v) is 4.44. The lowest BCUT2D eigenvalue weighted by Gasteiger charge is -2.26. The van der Waals surface area contributed by atoms with Gasteiger partial charge in [-0.05, 0) is 19.1 Å². The van der Waals surface area contributed by atoms with E-state index in [1.54, 1.807) is 29.0 Å². The molecule has 2 aromatic rings. The number of likely N-dealkylation sites (tertiary alicyclic amines) is 1. The average molecular weight is 343 g/mol. The van der Waals surface area contributed by atoms with Crippen LogP contribution in [0.15, 0.2) is 36.7 Å². The second kappa shape index (κ2) is 6.96. The number of carbonyl (C=O) groups excluding carboxylic acids is 1. The van der Waals surface area contributed by atoms with Crippen LogP contribution >= 0.6 is 0 Å². The lowest BCUT2D eigenvalue weighted by atomic mass is 9.96. The molecular weight excluding hydrogens is 322 g/mol. The van der Waals surface area contributed by atoms with Crippen molar-refractivity contribution in [1.82, 2.24) is 14.7 Å². The summed E-state index contributed by atoms with van der Waals surface area (Å²) in [6, 6.07) is 7.14. The number of aryl methyl sites for hydroxylation is 2. The van der Waals surface area contributed by atoms with Crippen LogP contribution < -0.4 is 4.74 Å². The Hall–Kier alpha value is -2.83. The fraction of sp³-hybridized carbons (Fsp3) is 0.389. The second-order valence-corrected chi connectivity index (χ2v) is 6.29. The fourth-order valence-electron chi connectivity index (χ4n) is 3.18. The summed E-state index contributed by atoms with van der Waals surface area (Å²) < 4.78 is 7.30. The monoisotopic (exact) mass is 343 g/mol. The van der Waals surface area contributed by atoms with Crippen LogP contribution in [0.4, 0.5) is 0 Å². The second-order valence-electron chi connectivity index (χ2n) is 6.29. The number of aliphatic carboxylic acids is 1. The van der Waals surface area contributed by atoms with Gasteiger partial charge >= 0.3 is 5.97 Å². The Bertz CT molecular complexity index is 769. The summed E-state index contributed by atoms with van der Waals surface area (Å²) in [6.45, 7) is 2.63. The molecule has 0 saturated carbocycles. The molecule has 0 unspecified atom stereocenters. The molecule has 1 aromatic carbocycles. The number of benzene rings is 1. The molecule has 1 N–H and O–H groups in total. The smallest absolute Gasteiger partial charge is 0.309 e. The number of rotatable bonds is 6. The van der Waals surface area contributed by atoms with Crippen LogP contribution in [0, 0.1) is 12.8 Å². The minimum absolute atomic E-state index is 0.000569. The lowest BCUT2D eigenvalue weighted by molar-refractivity contribution is -0.142. The van der Waals surface area contributed by atoms with Gasteiger partial charge in [-0.3, -0.25) is 14.3 Å². The predicted molar refractivity (Wildman–Crippen MR) is 90.1 cm³/mol. The van der Waals surface area contributed by atoms with Crippen molar-refractivity contribution in [1.29, 1.82) is 0 Å². The third kappa shape index (κ3) is 3.65. The molecule has 0 spiro atoms. The fourth-order valence-corrected chi connectivity index (χ4v) is 3.18. The van der Waals surface area contributed by atoms with E-state index in [2.05, 4.69) is 5.10 Å². The number of nitrogens with zero attached hydrogens (tertiary/aromatic N) is 3. The van der Waals surface area contributed by atoms with E-state index < -0.39 is 17.9 Å². The molecule has 1 aliphatic heterocycles. The first-order chi connectivity index (χ1) is 12.0. The van der Waals surface area contributed by atoms with E-state index in [9.17, 15) is 14.7 Å². The zero-order valence-electron chi connectivity index (χ0n) is 14.3. The molecular formula is C18H21N3O4. The van der Waals surface area contributed by atoms with Crippen LogP contribution in [-0.2, 0) is 16.6 Å². The van der Waals surface area contributed by atoms with Gasteiger partial charge in [0.1, 0.15) is 12.4 Å². The number of aromatic nitrogens is 2. The third-order valence-electron chi connectivity index (χ3n) is 4.44. The van der Waals surface area contributed by atoms with Gasteiger partial charge in [-0.15, -0.1) is 0 Å². The SMILES string of the molecule is Cc1ccc(OCCN2C(=O)C[C@H](C(=O)O)[C@H]2c2cnn(C)c2)cc1. The van der Waals surface area contributed by atoms with Crippen LogP contribution in [0.1, 0.15) is 23.6 Å². The summed E-state index contributed by atoms with van der Waals surface area (Å²) >= 11 is 0. The van der Waals surface area contributed by atoms with Gasteiger partial charge in [-0.25, -0.2) is 0 Å². The summed E-state index contributed by atoms with van der Waals surface area (Å²) in [5, 5.41) is 13.6. The van der Waals surface area contributed by atoms with Gasteiger partial charge in [0.25, 0.3) is 0 Å². The highest BCUT2D eigenvalue weighted by atomic mass is 16.5. The van der Waals surface area contributed by atoms with Gasteiger partial charge in [0, 0.05) is 25.2 Å². The molecule has 1 saturated heterocycles. The van der Waals surface area contributed by atoms with E-state index in [1.165, 1.54) is 0 Å². The molecule has 0 radical (unpaired) electrons. The molecule has 2 heterocycles. The molecule has 1 aliphatic rings. The van der Waals surface area contributed by atoms with Crippen LogP contribution in [0.5, 0.6) is 5.75 Å². The first-order valence-corrected chi connectivity index (χ1v) is 8.16. The zero-order chi connectivity index (χ0) is 18.0. The molecule has 0 bridgehead atoms. The number of ether oxygens (including phenoxy) is 1. The topological polar surface area (TPSA) is 84.7 Å². The first kappa shape index (κ1) is 17.0. The van der Waals surface area contributed by atoms with Crippen molar-refractivity contribution in [3.8, 4) is 5.75 Å². The van der Waals surface area contributed by atoms with Gasteiger partial charge < -0.3 is 14.7 Å². The molecule has 25 heavy (non-hydrogen) atoms. The number of hydrogen-bond acceptors (Lipinski definition) is 4. The first-order valence-electron chi connectivity index (χ1n) is 8.16. The Labute approximate surface area is 145 Å². The van der Waals surface area contributed by atoms with E-state index in [4.69, 9.17) is 4.74 Å². The van der Waals surface area contributed by atoms with Crippen molar-refractivity contribution in [2.75, 3.05) is 13.2 Å². The molecule has 1 fully saturated rings. The molecule has 7 nitrogen and oxygen atoms in total. The Balaban J connectivity index is 1.72. The van der Waals surface area contributed by atoms with Crippen LogP contribution in [-0.4, -0.2) is 44.8 Å². The summed E-state index contributed by atoms with van der Waals surface area (Å²) in [5.74, 6) is -1.18. The number of carbonyl (C=O) groups is 2. The number of carboxylic acids is 1. The number of carboxylic acid groups (broad SMARTS) is 1. The minimum Gasteiger partial charge on any atom is -0.492 e. The average Bonchev–Trinajstić information content (AvgIpc) is 3.13. The van der Waals surface area contributed by atoms with Crippen molar-refractivity contribution in [2.24, 2.45) is 13.0 Å². The van der Waals surface area contributed by atoms with Crippen LogP contribution in [0.25, 0.3) is 0 Å². The molecule has 1 aromatic heterocycles. The highest BCUT2D eigenvalue weighted by Crippen LogP contribution is 2.37. The quantitative estimate of drug-likeness (QED) is 0.864. The number of amides is 1. The zero-order valence-corrected chi connectivity index (χ0v) is 14.3. The van der Waals surface area contributed by atoms with Gasteiger partial charge in [0.2, 0.25) is 5.91 Å². The summed E-state index contributed by atoms with van der Waals surface area (Å²) in [4.78, 5) is 25.5. The molecule has 132 valence electrons. The highest BCUT2D eigenvalue weighted by molar-refractivity contribution is 5.87. The van der Waals surface area contributed by atoms with E-state index in [0.29, 0.717) is 13.2 Å². The van der Waals surface area contributed by atoms with E-state index >= 15 is 0 Å². The Kier molecular flexibility index (Phi) is 4.74. The number of hydrogen-bond donors (Lipinski definition) is 1. The van der Waals surface area contributed by atoms with E-state index in [1.807, 2.05) is 31.2 Å². The largest absolute Gasteiger partial charge is 0.492 e. The lowest BCUT2D eigenvalue weighted by Crippen LogP contribution is -2.33. The van der Waals surface area contributed by atoms with Crippen molar-refractivity contribution in [3.05, 3.63) is 47.8 Å². The molecule has 0 aliphatic carbocycles. The van der Waals surface area contributed by atoms with Crippen LogP contribution in [0.3, 0.4) is 0 Å². The Morgan fingerprint density at radius 1 is 1.36 bits per heavy atom. The van der Waals surface area contributed by atoms with Crippen LogP contribution in [0.2, 0.25) is 0 Å². The van der Waals surface area contributed by atoms with E-state index in [0.717, 1.165) is 16.9 Å². The van der Waals surface area contributed by atoms with Crippen molar-refractivity contribution < 1.29 is 19.4 Å². The Morgan fingerprint density at radius 3 is 2.68 bits per heavy atom. The molecule has 2 atom stereocenters. The van der Waals surface area contributed by atoms with Gasteiger partial charge in [-0.2, -0.15) is 5.10 Å². The van der Waals surface area contributed by atoms with Gasteiger partial charge in [0.15, 0.2) is 0 Å². The van der Waals surface area contributed by atoms with Crippen molar-refractivity contribution in [2.45, 2.75) is 19.4 Å². The normalized spacial score (nSPS) is 20.1. The molecule has 1 amide bonds. The van der Waals surface area contributed by atoms with E-state index in [-0.39, 0.29) is 12.3 Å². The minimum atomic E-state index is -0.968. The van der Waals surface area contributed by atoms with Gasteiger partial charge in [-0.1, -0.05) is 17.7 Å². The Morgan fingerprint density at radius 2 is 2.08 bits per heavy atom. The van der Waals surface area contributed by atoms with Crippen molar-refractivity contribution in [3.63, 3.8) is 0 Å². The summed E-state index contributed by atoms with van der Waals surface area (Å²) in [5.41, 5.74) is 1.87.